The van der Waals surface area contributed by atoms with Gasteiger partial charge in [-0.25, -0.2) is 14.3 Å². The van der Waals surface area contributed by atoms with Gasteiger partial charge in [0.2, 0.25) is 0 Å². The van der Waals surface area contributed by atoms with E-state index in [1.54, 1.807) is 58.3 Å². The van der Waals surface area contributed by atoms with E-state index < -0.39 is 13.9 Å². The summed E-state index contributed by atoms with van der Waals surface area (Å²) in [5, 5.41) is 6.52. The summed E-state index contributed by atoms with van der Waals surface area (Å²) in [6, 6.07) is 26.9. The van der Waals surface area contributed by atoms with Crippen molar-refractivity contribution in [2.75, 3.05) is 41.1 Å². The van der Waals surface area contributed by atoms with Crippen LogP contribution in [0.2, 0.25) is 0 Å². The molecular formula is C41H36ClN4O8PS3. The topological polar surface area (TPSA) is 159 Å². The first-order valence-corrected chi connectivity index (χ1v) is 23.6. The van der Waals surface area contributed by atoms with Crippen molar-refractivity contribution < 1.29 is 38.0 Å². The first-order chi connectivity index (χ1) is 28.0. The van der Waals surface area contributed by atoms with Gasteiger partial charge < -0.3 is 24.4 Å². The van der Waals surface area contributed by atoms with E-state index in [9.17, 15) is 28.7 Å². The Morgan fingerprint density at radius 2 is 1.41 bits per heavy atom. The number of alkyl halides is 1. The number of ether oxygens (including phenoxy) is 1. The zero-order valence-electron chi connectivity index (χ0n) is 30.9. The van der Waals surface area contributed by atoms with Crippen LogP contribution in [0.15, 0.2) is 102 Å². The second-order valence-corrected chi connectivity index (χ2v) is 18.6. The van der Waals surface area contributed by atoms with Crippen molar-refractivity contribution in [2.24, 2.45) is 0 Å². The van der Waals surface area contributed by atoms with Crippen molar-refractivity contribution >= 4 is 103 Å². The fourth-order valence-corrected chi connectivity index (χ4v) is 11.0. The van der Waals surface area contributed by atoms with Crippen molar-refractivity contribution in [2.45, 2.75) is 30.2 Å². The molecule has 0 aliphatic carbocycles. The number of nitrogens with one attached hydrogen (secondary N) is 1. The van der Waals surface area contributed by atoms with E-state index in [-0.39, 0.29) is 41.8 Å². The SMILES string of the molecule is CC[C@@H]1CN(C(=O)c2ccc(C(=O)N3C[C@@H](CCl)c4c3cc(OP(=O)(O)O)c3ccccc43)s2)c2cc(OC(=O)NCCSSc3ccccn3)c3ccccc3c21. The maximum Gasteiger partial charge on any atom is 0.524 e. The molecule has 8 rings (SSSR count). The molecule has 4 heterocycles. The minimum atomic E-state index is -4.93. The van der Waals surface area contributed by atoms with Crippen molar-refractivity contribution in [1.82, 2.24) is 10.3 Å². The summed E-state index contributed by atoms with van der Waals surface area (Å²) in [5.74, 6) is 0.194. The molecule has 3 amide bonds. The number of benzene rings is 4. The van der Waals surface area contributed by atoms with Gasteiger partial charge >= 0.3 is 13.9 Å². The number of rotatable bonds is 12. The zero-order chi connectivity index (χ0) is 40.6. The third-order valence-corrected chi connectivity index (χ3v) is 14.2. The lowest BCUT2D eigenvalue weighted by molar-refractivity contribution is 0.0985. The van der Waals surface area contributed by atoms with E-state index in [2.05, 4.69) is 17.2 Å². The summed E-state index contributed by atoms with van der Waals surface area (Å²) in [4.78, 5) is 69.2. The number of phosphoric ester groups is 1. The molecule has 0 fully saturated rings. The Morgan fingerprint density at radius 1 is 0.845 bits per heavy atom. The van der Waals surface area contributed by atoms with Crippen LogP contribution in [0.4, 0.5) is 16.2 Å². The molecule has 0 unspecified atom stereocenters. The predicted molar refractivity (Wildman–Crippen MR) is 231 cm³/mol. The molecule has 0 saturated carbocycles. The molecule has 17 heteroatoms. The van der Waals surface area contributed by atoms with Gasteiger partial charge in [0.15, 0.2) is 0 Å². The highest BCUT2D eigenvalue weighted by Crippen LogP contribution is 2.50. The van der Waals surface area contributed by atoms with Gasteiger partial charge in [0, 0.05) is 72.2 Å². The second-order valence-electron chi connectivity index (χ2n) is 13.6. The van der Waals surface area contributed by atoms with E-state index in [1.807, 2.05) is 48.5 Å². The monoisotopic (exact) mass is 874 g/mol. The summed E-state index contributed by atoms with van der Waals surface area (Å²) in [7, 11) is -1.83. The number of thiophene rings is 1. The number of fused-ring (bicyclic) bond motifs is 6. The standard InChI is InChI=1S/C41H36ClN4O8PS3/c1-2-24-22-45(30-19-32(26-9-3-5-11-28(26)37(24)30)53-41(49)44-17-18-56-58-36-13-7-8-16-43-36)39(47)34-14-15-35(57-34)40(48)46-23-25(21-42)38-29-12-6-4-10-27(29)33(20-31(38)46)54-55(50,51)52/h3-16,19-20,24-25H,2,17-18,21-23H2,1H3,(H,44,49)(H2,50,51,52)/t24-,25-/m1/s1. The molecule has 2 aromatic heterocycles. The number of aromatic nitrogens is 1. The zero-order valence-corrected chi connectivity index (χ0v) is 35.0. The maximum absolute atomic E-state index is 14.4. The number of carbonyl (C=O) groups is 3. The van der Waals surface area contributed by atoms with Crippen molar-refractivity contribution in [3.8, 4) is 11.5 Å². The highest BCUT2D eigenvalue weighted by atomic mass is 35.5. The third kappa shape index (κ3) is 8.04. The normalized spacial score (nSPS) is 16.1. The minimum absolute atomic E-state index is 0.0226. The molecule has 0 spiro atoms. The molecule has 6 aromatic rings. The largest absolute Gasteiger partial charge is 0.524 e. The fourth-order valence-electron chi connectivity index (χ4n) is 7.62. The van der Waals surface area contributed by atoms with Crippen molar-refractivity contribution in [3.63, 3.8) is 0 Å². The van der Waals surface area contributed by atoms with Crippen molar-refractivity contribution in [1.29, 1.82) is 0 Å². The molecule has 0 bridgehead atoms. The van der Waals surface area contributed by atoms with Crippen LogP contribution in [0.1, 0.15) is 55.7 Å². The molecule has 2 aliphatic rings. The Morgan fingerprint density at radius 3 is 2.00 bits per heavy atom. The van der Waals surface area contributed by atoms with Gasteiger partial charge in [-0.15, -0.1) is 22.9 Å². The van der Waals surface area contributed by atoms with Crippen LogP contribution in [-0.4, -0.2) is 63.9 Å². The van der Waals surface area contributed by atoms with Crippen LogP contribution < -0.4 is 24.4 Å². The molecule has 4 aromatic carbocycles. The molecule has 2 atom stereocenters. The van der Waals surface area contributed by atoms with Crippen LogP contribution in [-0.2, 0) is 4.57 Å². The Bertz CT molecular complexity index is 2610. The number of nitrogens with zero attached hydrogens (tertiary/aromatic N) is 3. The number of pyridine rings is 1. The van der Waals surface area contributed by atoms with Gasteiger partial charge in [-0.1, -0.05) is 72.3 Å². The lowest BCUT2D eigenvalue weighted by Crippen LogP contribution is -2.30. The number of amides is 3. The van der Waals surface area contributed by atoms with Crippen LogP contribution >= 0.6 is 52.3 Å². The number of phosphoric acid groups is 1. The lowest BCUT2D eigenvalue weighted by atomic mass is 9.93. The van der Waals surface area contributed by atoms with Gasteiger partial charge in [-0.05, 0) is 63.4 Å². The maximum atomic E-state index is 14.4. The highest BCUT2D eigenvalue weighted by Gasteiger charge is 2.38. The first kappa shape index (κ1) is 40.2. The van der Waals surface area contributed by atoms with Gasteiger partial charge in [0.05, 0.1) is 21.1 Å². The molecule has 298 valence electrons. The van der Waals surface area contributed by atoms with Gasteiger partial charge in [-0.2, -0.15) is 0 Å². The Kier molecular flexibility index (Phi) is 11.7. The molecule has 58 heavy (non-hydrogen) atoms. The average molecular weight is 875 g/mol. The predicted octanol–water partition coefficient (Wildman–Crippen LogP) is 9.59. The molecule has 12 nitrogen and oxygen atoms in total. The van der Waals surface area contributed by atoms with E-state index in [4.69, 9.17) is 20.9 Å². The molecule has 2 aliphatic heterocycles. The van der Waals surface area contributed by atoms with Crippen LogP contribution in [0.5, 0.6) is 11.5 Å². The number of halogens is 1. The number of hydrogen-bond acceptors (Lipinski definition) is 10. The Labute approximate surface area is 350 Å². The fraction of sp³-hybridized carbons (Fsp3) is 0.220. The van der Waals surface area contributed by atoms with E-state index >= 15 is 0 Å². The smallest absolute Gasteiger partial charge is 0.410 e. The summed E-state index contributed by atoms with van der Waals surface area (Å²) < 4.78 is 22.9. The minimum Gasteiger partial charge on any atom is -0.410 e. The second kappa shape index (κ2) is 16.9. The van der Waals surface area contributed by atoms with Crippen LogP contribution in [0, 0.1) is 0 Å². The Hall–Kier alpha value is -4.60. The van der Waals surface area contributed by atoms with Gasteiger partial charge in [0.25, 0.3) is 11.8 Å². The number of carbonyl (C=O) groups excluding carboxylic acids is 3. The highest BCUT2D eigenvalue weighted by molar-refractivity contribution is 8.76. The lowest BCUT2D eigenvalue weighted by Gasteiger charge is -2.19. The summed E-state index contributed by atoms with van der Waals surface area (Å²) in [6.45, 7) is 3.08. The van der Waals surface area contributed by atoms with Gasteiger partial charge in [0.1, 0.15) is 16.5 Å². The van der Waals surface area contributed by atoms with Crippen molar-refractivity contribution in [3.05, 3.63) is 118 Å². The summed E-state index contributed by atoms with van der Waals surface area (Å²) >= 11 is 7.50. The van der Waals surface area contributed by atoms with Gasteiger partial charge in [-0.3, -0.25) is 19.4 Å². The number of hydrogen-bond donors (Lipinski definition) is 3. The van der Waals surface area contributed by atoms with E-state index in [1.165, 1.54) is 21.8 Å². The summed E-state index contributed by atoms with van der Waals surface area (Å²) in [6.07, 6.45) is 1.89. The quantitative estimate of drug-likeness (QED) is 0.0465. The van der Waals surface area contributed by atoms with E-state index in [0.717, 1.165) is 44.7 Å². The van der Waals surface area contributed by atoms with Crippen LogP contribution in [0.25, 0.3) is 21.5 Å². The molecule has 3 N–H and O–H groups in total. The van der Waals surface area contributed by atoms with Crippen LogP contribution in [0.3, 0.4) is 0 Å². The average Bonchev–Trinajstić information content (AvgIpc) is 3.96. The molecule has 0 saturated heterocycles. The molecular weight excluding hydrogens is 839 g/mol. The Balaban J connectivity index is 1.04. The summed E-state index contributed by atoms with van der Waals surface area (Å²) in [5.41, 5.74) is 2.85. The number of anilines is 2. The van der Waals surface area contributed by atoms with E-state index in [0.29, 0.717) is 56.5 Å². The molecule has 0 radical (unpaired) electrons. The first-order valence-electron chi connectivity index (χ1n) is 18.4. The third-order valence-electron chi connectivity index (χ3n) is 10.1.